The number of ether oxygens (including phenoxy) is 1. The number of hydrogen-bond acceptors (Lipinski definition) is 6. The van der Waals surface area contributed by atoms with Crippen molar-refractivity contribution in [3.63, 3.8) is 0 Å². The highest BCUT2D eigenvalue weighted by Crippen LogP contribution is 2.32. The van der Waals surface area contributed by atoms with Crippen LogP contribution in [-0.2, 0) is 16.1 Å². The predicted octanol–water partition coefficient (Wildman–Crippen LogP) is 4.85. The Morgan fingerprint density at radius 3 is 2.75 bits per heavy atom. The van der Waals surface area contributed by atoms with Crippen LogP contribution >= 0.6 is 22.9 Å². The Morgan fingerprint density at radius 2 is 2.04 bits per heavy atom. The summed E-state index contributed by atoms with van der Waals surface area (Å²) in [4.78, 5) is 34.3. The van der Waals surface area contributed by atoms with Gasteiger partial charge in [0, 0.05) is 18.5 Å². The molecule has 0 radical (unpaired) electrons. The maximum absolute atomic E-state index is 12.3. The molecule has 8 heteroatoms. The molecule has 1 amide bonds. The van der Waals surface area contributed by atoms with Crippen LogP contribution in [0.5, 0.6) is 0 Å². The van der Waals surface area contributed by atoms with E-state index >= 15 is 0 Å². The number of halogens is 1. The van der Waals surface area contributed by atoms with Gasteiger partial charge in [-0.15, -0.1) is 11.3 Å². The molecule has 0 bridgehead atoms. The zero-order valence-corrected chi connectivity index (χ0v) is 17.2. The maximum Gasteiger partial charge on any atom is 0.338 e. The van der Waals surface area contributed by atoms with Gasteiger partial charge in [0.05, 0.1) is 16.9 Å². The fourth-order valence-corrected chi connectivity index (χ4v) is 3.64. The van der Waals surface area contributed by atoms with Crippen molar-refractivity contribution in [2.45, 2.75) is 27.4 Å². The molecule has 0 N–H and O–H groups in total. The van der Waals surface area contributed by atoms with Crippen LogP contribution in [0.1, 0.15) is 34.1 Å². The summed E-state index contributed by atoms with van der Waals surface area (Å²) in [5, 5.41) is 2.51. The SMILES string of the molecule is CC(=O)N(c1nc(COC(=O)c2ccnc(Cl)c2)cs1)c1cccc(C)c1C. The van der Waals surface area contributed by atoms with Crippen molar-refractivity contribution in [1.82, 2.24) is 9.97 Å². The molecule has 0 fully saturated rings. The highest BCUT2D eigenvalue weighted by Gasteiger charge is 2.20. The molecule has 3 rings (SSSR count). The molecular formula is C20H18ClN3O3S. The van der Waals surface area contributed by atoms with E-state index in [0.29, 0.717) is 16.4 Å². The number of hydrogen-bond donors (Lipinski definition) is 0. The number of benzene rings is 1. The van der Waals surface area contributed by atoms with Gasteiger partial charge in [0.15, 0.2) is 5.13 Å². The van der Waals surface area contributed by atoms with Crippen molar-refractivity contribution in [2.24, 2.45) is 0 Å². The molecule has 1 aromatic carbocycles. The Morgan fingerprint density at radius 1 is 1.25 bits per heavy atom. The van der Waals surface area contributed by atoms with Crippen molar-refractivity contribution < 1.29 is 14.3 Å². The number of esters is 1. The monoisotopic (exact) mass is 415 g/mol. The van der Waals surface area contributed by atoms with E-state index in [0.717, 1.165) is 16.8 Å². The van der Waals surface area contributed by atoms with Gasteiger partial charge in [-0.25, -0.2) is 14.8 Å². The van der Waals surface area contributed by atoms with Gasteiger partial charge >= 0.3 is 5.97 Å². The first kappa shape index (κ1) is 20.0. The number of pyridine rings is 1. The number of amides is 1. The van der Waals surface area contributed by atoms with Gasteiger partial charge in [-0.05, 0) is 43.2 Å². The lowest BCUT2D eigenvalue weighted by atomic mass is 10.1. The normalized spacial score (nSPS) is 10.6. The zero-order chi connectivity index (χ0) is 20.3. The van der Waals surface area contributed by atoms with Crippen LogP contribution in [0.2, 0.25) is 5.15 Å². The second kappa shape index (κ2) is 8.50. The van der Waals surface area contributed by atoms with Gasteiger partial charge in [-0.3, -0.25) is 9.69 Å². The third kappa shape index (κ3) is 4.37. The average Bonchev–Trinajstić information content (AvgIpc) is 3.11. The second-order valence-corrected chi connectivity index (χ2v) is 7.36. The Kier molecular flexibility index (Phi) is 6.06. The van der Waals surface area contributed by atoms with Gasteiger partial charge in [-0.1, -0.05) is 23.7 Å². The molecule has 0 aliphatic carbocycles. The van der Waals surface area contributed by atoms with Crippen LogP contribution in [0.15, 0.2) is 41.9 Å². The van der Waals surface area contributed by atoms with E-state index in [1.165, 1.54) is 36.6 Å². The summed E-state index contributed by atoms with van der Waals surface area (Å²) in [6, 6.07) is 8.75. The molecule has 0 saturated carbocycles. The molecule has 0 saturated heterocycles. The second-order valence-electron chi connectivity index (χ2n) is 6.14. The van der Waals surface area contributed by atoms with Gasteiger partial charge in [-0.2, -0.15) is 0 Å². The van der Waals surface area contributed by atoms with Gasteiger partial charge in [0.1, 0.15) is 11.8 Å². The first-order valence-corrected chi connectivity index (χ1v) is 9.72. The summed E-state index contributed by atoms with van der Waals surface area (Å²) < 4.78 is 5.29. The molecule has 0 unspecified atom stereocenters. The lowest BCUT2D eigenvalue weighted by Gasteiger charge is -2.21. The van der Waals surface area contributed by atoms with Crippen molar-refractivity contribution in [3.8, 4) is 0 Å². The summed E-state index contributed by atoms with van der Waals surface area (Å²) in [6.45, 7) is 5.45. The first-order chi connectivity index (χ1) is 13.4. The number of carbonyl (C=O) groups is 2. The number of anilines is 2. The zero-order valence-electron chi connectivity index (χ0n) is 15.6. The fraction of sp³-hybridized carbons (Fsp3) is 0.200. The number of rotatable bonds is 5. The van der Waals surface area contributed by atoms with Crippen LogP contribution < -0.4 is 4.90 Å². The molecule has 0 aliphatic rings. The predicted molar refractivity (Wildman–Crippen MR) is 109 cm³/mol. The summed E-state index contributed by atoms with van der Waals surface area (Å²) in [6.07, 6.45) is 1.44. The molecule has 144 valence electrons. The van der Waals surface area contributed by atoms with E-state index in [9.17, 15) is 9.59 Å². The summed E-state index contributed by atoms with van der Waals surface area (Å²) in [5.41, 5.74) is 3.76. The Hall–Kier alpha value is -2.77. The minimum absolute atomic E-state index is 0.00613. The molecular weight excluding hydrogens is 398 g/mol. The molecule has 0 spiro atoms. The van der Waals surface area contributed by atoms with Gasteiger partial charge in [0.2, 0.25) is 5.91 Å². The highest BCUT2D eigenvalue weighted by atomic mass is 35.5. The average molecular weight is 416 g/mol. The van der Waals surface area contributed by atoms with E-state index < -0.39 is 5.97 Å². The fourth-order valence-electron chi connectivity index (χ4n) is 2.60. The standard InChI is InChI=1S/C20H18ClN3O3S/c1-12-5-4-6-17(13(12)2)24(14(3)25)20-23-16(11-28-20)10-27-19(26)15-7-8-22-18(21)9-15/h4-9,11H,10H2,1-3H3. The number of aryl methyl sites for hydroxylation is 1. The minimum Gasteiger partial charge on any atom is -0.456 e. The van der Waals surface area contributed by atoms with Crippen molar-refractivity contribution in [2.75, 3.05) is 4.90 Å². The maximum atomic E-state index is 12.3. The van der Waals surface area contributed by atoms with Crippen LogP contribution in [0, 0.1) is 13.8 Å². The van der Waals surface area contributed by atoms with Crippen LogP contribution in [0.3, 0.4) is 0 Å². The topological polar surface area (TPSA) is 72.4 Å². The van der Waals surface area contributed by atoms with Gasteiger partial charge in [0.25, 0.3) is 0 Å². The molecule has 2 heterocycles. The Bertz CT molecular complexity index is 1040. The summed E-state index contributed by atoms with van der Waals surface area (Å²) in [5.74, 6) is -0.658. The lowest BCUT2D eigenvalue weighted by Crippen LogP contribution is -2.23. The van der Waals surface area contributed by atoms with Crippen LogP contribution in [-0.4, -0.2) is 21.8 Å². The van der Waals surface area contributed by atoms with Crippen molar-refractivity contribution >= 4 is 45.6 Å². The van der Waals surface area contributed by atoms with Gasteiger partial charge < -0.3 is 4.74 Å². The largest absolute Gasteiger partial charge is 0.456 e. The molecule has 0 aliphatic heterocycles. The van der Waals surface area contributed by atoms with E-state index in [1.807, 2.05) is 32.0 Å². The number of carbonyl (C=O) groups excluding carboxylic acids is 2. The third-order valence-electron chi connectivity index (χ3n) is 4.18. The molecule has 0 atom stereocenters. The van der Waals surface area contributed by atoms with Crippen LogP contribution in [0.25, 0.3) is 0 Å². The highest BCUT2D eigenvalue weighted by molar-refractivity contribution is 7.14. The summed E-state index contributed by atoms with van der Waals surface area (Å²) >= 11 is 7.11. The minimum atomic E-state index is -0.517. The summed E-state index contributed by atoms with van der Waals surface area (Å²) in [7, 11) is 0. The van der Waals surface area contributed by atoms with E-state index in [4.69, 9.17) is 16.3 Å². The molecule has 6 nitrogen and oxygen atoms in total. The number of thiazole rings is 1. The smallest absolute Gasteiger partial charge is 0.338 e. The quantitative estimate of drug-likeness (QED) is 0.440. The lowest BCUT2D eigenvalue weighted by molar-refractivity contribution is -0.115. The number of nitrogens with zero attached hydrogens (tertiary/aromatic N) is 3. The molecule has 28 heavy (non-hydrogen) atoms. The van der Waals surface area contributed by atoms with E-state index in [1.54, 1.807) is 10.3 Å². The Labute approximate surface area is 171 Å². The van der Waals surface area contributed by atoms with Crippen molar-refractivity contribution in [1.29, 1.82) is 0 Å². The van der Waals surface area contributed by atoms with Crippen LogP contribution in [0.4, 0.5) is 10.8 Å². The van der Waals surface area contributed by atoms with E-state index in [-0.39, 0.29) is 17.7 Å². The molecule has 2 aromatic heterocycles. The number of aromatic nitrogens is 2. The third-order valence-corrected chi connectivity index (χ3v) is 5.26. The Balaban J connectivity index is 1.77. The van der Waals surface area contributed by atoms with Crippen molar-refractivity contribution in [3.05, 3.63) is 69.4 Å². The molecule has 3 aromatic rings. The first-order valence-electron chi connectivity index (χ1n) is 8.47. The van der Waals surface area contributed by atoms with E-state index in [2.05, 4.69) is 9.97 Å².